The Hall–Kier alpha value is -0.370. The highest BCUT2D eigenvalue weighted by Gasteiger charge is 2.19. The third-order valence-electron chi connectivity index (χ3n) is 2.01. The maximum Gasteiger partial charge on any atom is 0.122 e. The van der Waals surface area contributed by atoms with E-state index in [4.69, 9.17) is 0 Å². The zero-order valence-electron chi connectivity index (χ0n) is 6.15. The summed E-state index contributed by atoms with van der Waals surface area (Å²) in [6, 6.07) is 0. The van der Waals surface area contributed by atoms with Crippen LogP contribution in [0.3, 0.4) is 0 Å². The van der Waals surface area contributed by atoms with Crippen LogP contribution in [-0.4, -0.2) is 19.3 Å². The van der Waals surface area contributed by atoms with E-state index in [9.17, 15) is 4.39 Å². The average Bonchev–Trinajstić information content (AvgIpc) is 2.05. The van der Waals surface area contributed by atoms with E-state index in [2.05, 4.69) is 11.9 Å². The summed E-state index contributed by atoms with van der Waals surface area (Å²) in [6.45, 7) is 5.29. The molecule has 58 valence electrons. The summed E-state index contributed by atoms with van der Waals surface area (Å²) in [5.74, 6) is 0.172. The van der Waals surface area contributed by atoms with Crippen molar-refractivity contribution < 1.29 is 4.39 Å². The SMILES string of the molecule is C=CC(F)C1CCCNC1. The van der Waals surface area contributed by atoms with Crippen molar-refractivity contribution in [1.82, 2.24) is 5.32 Å². The second-order valence-corrected chi connectivity index (χ2v) is 2.79. The van der Waals surface area contributed by atoms with E-state index in [-0.39, 0.29) is 5.92 Å². The van der Waals surface area contributed by atoms with Crippen molar-refractivity contribution >= 4 is 0 Å². The number of nitrogens with one attached hydrogen (secondary N) is 1. The molecule has 0 radical (unpaired) electrons. The van der Waals surface area contributed by atoms with Crippen molar-refractivity contribution in [3.05, 3.63) is 12.7 Å². The summed E-state index contributed by atoms with van der Waals surface area (Å²) >= 11 is 0. The summed E-state index contributed by atoms with van der Waals surface area (Å²) in [5.41, 5.74) is 0. The fourth-order valence-corrected chi connectivity index (χ4v) is 1.34. The van der Waals surface area contributed by atoms with Gasteiger partial charge in [0.25, 0.3) is 0 Å². The molecule has 0 aromatic heterocycles. The van der Waals surface area contributed by atoms with Gasteiger partial charge >= 0.3 is 0 Å². The Bertz CT molecular complexity index is 108. The molecule has 10 heavy (non-hydrogen) atoms. The normalized spacial score (nSPS) is 29.5. The first kappa shape index (κ1) is 7.73. The minimum atomic E-state index is -0.812. The van der Waals surface area contributed by atoms with Gasteiger partial charge in [0, 0.05) is 12.5 Å². The van der Waals surface area contributed by atoms with Crippen LogP contribution in [0.1, 0.15) is 12.8 Å². The first-order valence-corrected chi connectivity index (χ1v) is 3.82. The van der Waals surface area contributed by atoms with E-state index >= 15 is 0 Å². The van der Waals surface area contributed by atoms with Gasteiger partial charge in [-0.2, -0.15) is 0 Å². The number of hydrogen-bond acceptors (Lipinski definition) is 1. The molecule has 0 saturated carbocycles. The second kappa shape index (κ2) is 3.71. The maximum absolute atomic E-state index is 12.9. The van der Waals surface area contributed by atoms with Crippen LogP contribution in [0, 0.1) is 5.92 Å². The van der Waals surface area contributed by atoms with Crippen LogP contribution < -0.4 is 5.32 Å². The van der Waals surface area contributed by atoms with Crippen LogP contribution in [0.4, 0.5) is 4.39 Å². The zero-order valence-corrected chi connectivity index (χ0v) is 6.15. The second-order valence-electron chi connectivity index (χ2n) is 2.79. The van der Waals surface area contributed by atoms with Crippen LogP contribution in [0.5, 0.6) is 0 Å². The van der Waals surface area contributed by atoms with Gasteiger partial charge < -0.3 is 5.32 Å². The van der Waals surface area contributed by atoms with E-state index in [0.717, 1.165) is 25.9 Å². The molecule has 1 aliphatic heterocycles. The molecule has 0 spiro atoms. The molecule has 2 atom stereocenters. The van der Waals surface area contributed by atoms with Crippen molar-refractivity contribution in [2.75, 3.05) is 13.1 Å². The van der Waals surface area contributed by atoms with Gasteiger partial charge in [0.15, 0.2) is 0 Å². The topological polar surface area (TPSA) is 12.0 Å². The monoisotopic (exact) mass is 143 g/mol. The highest BCUT2D eigenvalue weighted by molar-refractivity contribution is 4.87. The highest BCUT2D eigenvalue weighted by atomic mass is 19.1. The number of allylic oxidation sites excluding steroid dienone is 1. The Morgan fingerprint density at radius 3 is 3.00 bits per heavy atom. The van der Waals surface area contributed by atoms with Crippen molar-refractivity contribution in [3.63, 3.8) is 0 Å². The van der Waals surface area contributed by atoms with Crippen LogP contribution >= 0.6 is 0 Å². The van der Waals surface area contributed by atoms with Gasteiger partial charge in [0.05, 0.1) is 0 Å². The van der Waals surface area contributed by atoms with Gasteiger partial charge in [-0.15, -0.1) is 6.58 Å². The molecule has 1 N–H and O–H groups in total. The summed E-state index contributed by atoms with van der Waals surface area (Å²) in [5, 5.41) is 3.16. The molecule has 0 bridgehead atoms. The number of alkyl halides is 1. The molecule has 2 heteroatoms. The third kappa shape index (κ3) is 1.81. The molecule has 1 nitrogen and oxygen atoms in total. The zero-order chi connectivity index (χ0) is 7.40. The van der Waals surface area contributed by atoms with Gasteiger partial charge in [-0.3, -0.25) is 0 Å². The average molecular weight is 143 g/mol. The largest absolute Gasteiger partial charge is 0.316 e. The lowest BCUT2D eigenvalue weighted by atomic mass is 9.95. The summed E-state index contributed by atoms with van der Waals surface area (Å²) in [4.78, 5) is 0. The fraction of sp³-hybridized carbons (Fsp3) is 0.750. The molecule has 0 aromatic rings. The summed E-state index contributed by atoms with van der Waals surface area (Å²) in [7, 11) is 0. The first-order valence-electron chi connectivity index (χ1n) is 3.82. The van der Waals surface area contributed by atoms with Crippen molar-refractivity contribution in [1.29, 1.82) is 0 Å². The van der Waals surface area contributed by atoms with E-state index in [1.54, 1.807) is 0 Å². The Balaban J connectivity index is 2.30. The molecular formula is C8H14FN. The lowest BCUT2D eigenvalue weighted by Crippen LogP contribution is -2.34. The lowest BCUT2D eigenvalue weighted by molar-refractivity contribution is 0.234. The predicted octanol–water partition coefficient (Wildman–Crippen LogP) is 1.51. The van der Waals surface area contributed by atoms with Crippen molar-refractivity contribution in [2.24, 2.45) is 5.92 Å². The summed E-state index contributed by atoms with van der Waals surface area (Å²) < 4.78 is 12.9. The predicted molar refractivity (Wildman–Crippen MR) is 40.7 cm³/mol. The van der Waals surface area contributed by atoms with Gasteiger partial charge in [0.2, 0.25) is 0 Å². The molecule has 1 aliphatic rings. The Kier molecular flexibility index (Phi) is 2.87. The van der Waals surface area contributed by atoms with Crippen molar-refractivity contribution in [2.45, 2.75) is 19.0 Å². The minimum absolute atomic E-state index is 0.172. The number of rotatable bonds is 2. The van der Waals surface area contributed by atoms with E-state index in [1.807, 2.05) is 0 Å². The summed E-state index contributed by atoms with van der Waals surface area (Å²) in [6.07, 6.45) is 2.68. The van der Waals surface area contributed by atoms with Gasteiger partial charge in [-0.1, -0.05) is 6.08 Å². The van der Waals surface area contributed by atoms with E-state index in [1.165, 1.54) is 6.08 Å². The number of piperidine rings is 1. The van der Waals surface area contributed by atoms with Crippen LogP contribution in [0.2, 0.25) is 0 Å². The molecule has 0 amide bonds. The van der Waals surface area contributed by atoms with E-state index in [0.29, 0.717) is 0 Å². The Morgan fingerprint density at radius 2 is 2.50 bits per heavy atom. The highest BCUT2D eigenvalue weighted by Crippen LogP contribution is 2.17. The maximum atomic E-state index is 12.9. The Morgan fingerprint density at radius 1 is 1.70 bits per heavy atom. The van der Waals surface area contributed by atoms with Crippen LogP contribution in [0.15, 0.2) is 12.7 Å². The molecule has 1 saturated heterocycles. The Labute approximate surface area is 61.3 Å². The minimum Gasteiger partial charge on any atom is -0.316 e. The molecule has 1 fully saturated rings. The van der Waals surface area contributed by atoms with Gasteiger partial charge in [-0.25, -0.2) is 4.39 Å². The van der Waals surface area contributed by atoms with Crippen molar-refractivity contribution in [3.8, 4) is 0 Å². The smallest absolute Gasteiger partial charge is 0.122 e. The van der Waals surface area contributed by atoms with Crippen LogP contribution in [-0.2, 0) is 0 Å². The van der Waals surface area contributed by atoms with Crippen LogP contribution in [0.25, 0.3) is 0 Å². The van der Waals surface area contributed by atoms with E-state index < -0.39 is 6.17 Å². The quantitative estimate of drug-likeness (QED) is 0.578. The lowest BCUT2D eigenvalue weighted by Gasteiger charge is -2.23. The molecule has 1 rings (SSSR count). The first-order chi connectivity index (χ1) is 4.84. The standard InChI is InChI=1S/C8H14FN/c1-2-8(9)7-4-3-5-10-6-7/h2,7-8,10H,1,3-6H2. The van der Waals surface area contributed by atoms with Gasteiger partial charge in [-0.05, 0) is 19.4 Å². The molecule has 2 unspecified atom stereocenters. The molecule has 0 aliphatic carbocycles. The van der Waals surface area contributed by atoms with Gasteiger partial charge in [0.1, 0.15) is 6.17 Å². The molecular weight excluding hydrogens is 129 g/mol. The number of hydrogen-bond donors (Lipinski definition) is 1. The third-order valence-corrected chi connectivity index (χ3v) is 2.01. The fourth-order valence-electron chi connectivity index (χ4n) is 1.34. The molecule has 0 aromatic carbocycles. The molecule has 1 heterocycles. The number of halogens is 1.